The molecule has 0 saturated heterocycles. The van der Waals surface area contributed by atoms with Gasteiger partial charge in [-0.2, -0.15) is 0 Å². The van der Waals surface area contributed by atoms with E-state index in [1.807, 2.05) is 0 Å². The summed E-state index contributed by atoms with van der Waals surface area (Å²) < 4.78 is 33.5. The van der Waals surface area contributed by atoms with Gasteiger partial charge in [-0.1, -0.05) is 18.2 Å². The first-order valence-corrected chi connectivity index (χ1v) is 9.03. The second-order valence-electron chi connectivity index (χ2n) is 5.43. The van der Waals surface area contributed by atoms with E-state index in [4.69, 9.17) is 0 Å². The number of benzene rings is 1. The number of rotatable bonds is 6. The molecule has 1 aliphatic rings. The maximum atomic E-state index is 12.2. The zero-order valence-electron chi connectivity index (χ0n) is 15.0. The molecule has 0 atom stereocenters. The Bertz CT molecular complexity index is 1090. The number of amides is 1. The summed E-state index contributed by atoms with van der Waals surface area (Å²) in [6, 6.07) is 7.96. The molecule has 0 spiro atoms. The van der Waals surface area contributed by atoms with E-state index in [1.54, 1.807) is 18.2 Å². The normalized spacial score (nSPS) is 15.7. The Morgan fingerprint density at radius 1 is 1.10 bits per heavy atom. The number of hydroxylamine groups is 2. The molecule has 30 heavy (non-hydrogen) atoms. The predicted molar refractivity (Wildman–Crippen MR) is 100 cm³/mol. The Labute approximate surface area is 180 Å². The smallest absolute Gasteiger partial charge is 0.769 e. The molecule has 14 heteroatoms. The first kappa shape index (κ1) is 25.0. The monoisotopic (exact) mass is 471 g/mol. The van der Waals surface area contributed by atoms with Gasteiger partial charge in [-0.05, 0) is 24.3 Å². The van der Waals surface area contributed by atoms with Crippen LogP contribution in [0.1, 0.15) is 6.92 Å². The maximum absolute atomic E-state index is 12.2. The van der Waals surface area contributed by atoms with Gasteiger partial charge in [0.15, 0.2) is 11.5 Å². The number of anilines is 1. The number of hydrogen-bond donors (Lipinski definition) is 1. The van der Waals surface area contributed by atoms with Gasteiger partial charge in [0.05, 0.1) is 0 Å². The number of hydrogen-bond acceptors (Lipinski definition) is 11. The van der Waals surface area contributed by atoms with Crippen LogP contribution < -0.4 is 5.32 Å². The molecule has 2 rings (SSSR count). The molecule has 1 radical (unpaired) electrons. The minimum absolute atomic E-state index is 0. The summed E-state index contributed by atoms with van der Waals surface area (Å²) in [5.41, 5.74) is -2.25. The third-order valence-corrected chi connectivity index (χ3v) is 4.18. The SMILES string of the molecule is CC(=O)C(=NN=C1C=C(N([O-])[O-])C=C(S(=O)(=O)[O-])C1=O)C(=O)Nc1ccccc1.[Cr+3]. The van der Waals surface area contributed by atoms with E-state index in [9.17, 15) is 37.8 Å². The van der Waals surface area contributed by atoms with Gasteiger partial charge in [-0.3, -0.25) is 14.4 Å². The first-order chi connectivity index (χ1) is 13.5. The molecule has 0 unspecified atom stereocenters. The summed E-state index contributed by atoms with van der Waals surface area (Å²) in [4.78, 5) is 34.6. The minimum Gasteiger partial charge on any atom is -0.769 e. The molecule has 0 bridgehead atoms. The van der Waals surface area contributed by atoms with Crippen LogP contribution in [-0.2, 0) is 41.9 Å². The van der Waals surface area contributed by atoms with Gasteiger partial charge in [0.1, 0.15) is 20.7 Å². The van der Waals surface area contributed by atoms with Gasteiger partial charge in [-0.15, -0.1) is 10.2 Å². The molecule has 0 aromatic heterocycles. The largest absolute Gasteiger partial charge is 3.00 e. The Hall–Kier alpha value is -2.99. The number of para-hydroxylation sites is 1. The van der Waals surface area contributed by atoms with E-state index in [0.29, 0.717) is 17.8 Å². The van der Waals surface area contributed by atoms with Crippen molar-refractivity contribution in [2.24, 2.45) is 10.2 Å². The van der Waals surface area contributed by atoms with Crippen molar-refractivity contribution in [3.05, 3.63) is 63.5 Å². The topological polar surface area (TPSA) is 195 Å². The maximum Gasteiger partial charge on any atom is 3.00 e. The molecular weight excluding hydrogens is 460 g/mol. The van der Waals surface area contributed by atoms with E-state index >= 15 is 0 Å². The van der Waals surface area contributed by atoms with Crippen molar-refractivity contribution in [1.82, 2.24) is 5.23 Å². The molecule has 1 amide bonds. The van der Waals surface area contributed by atoms with Crippen LogP contribution in [-0.4, -0.2) is 47.1 Å². The number of carbonyl (C=O) groups is 3. The van der Waals surface area contributed by atoms with Crippen molar-refractivity contribution in [2.75, 3.05) is 5.32 Å². The molecule has 0 heterocycles. The Morgan fingerprint density at radius 2 is 1.70 bits per heavy atom. The predicted octanol–water partition coefficient (Wildman–Crippen LogP) is 0.202. The first-order valence-electron chi connectivity index (χ1n) is 7.62. The van der Waals surface area contributed by atoms with Crippen molar-refractivity contribution >= 4 is 44.7 Å². The van der Waals surface area contributed by atoms with Crippen LogP contribution in [0.4, 0.5) is 5.69 Å². The van der Waals surface area contributed by atoms with Gasteiger partial charge in [0, 0.05) is 18.3 Å². The summed E-state index contributed by atoms with van der Waals surface area (Å²) in [5.74, 6) is -3.29. The number of nitrogens with zero attached hydrogens (tertiary/aromatic N) is 3. The van der Waals surface area contributed by atoms with Crippen LogP contribution in [0.3, 0.4) is 0 Å². The van der Waals surface area contributed by atoms with Crippen LogP contribution in [0.2, 0.25) is 0 Å². The van der Waals surface area contributed by atoms with Gasteiger partial charge in [-0.25, -0.2) is 8.42 Å². The third-order valence-electron chi connectivity index (χ3n) is 3.34. The second kappa shape index (κ2) is 10.2. The average Bonchev–Trinajstić information content (AvgIpc) is 2.62. The fourth-order valence-corrected chi connectivity index (χ4v) is 2.63. The number of ketones is 2. The quantitative estimate of drug-likeness (QED) is 0.198. The standard InChI is InChI=1S/C16H12N4O8S.Cr/c1-9(21)14(16(23)17-10-5-3-2-4-6-10)19-18-12-7-11(20(24)25)8-13(15(12)22)29(26,27)28;/h2-8H,1H3,(H,17,23)(H,26,27,28);/q-2;+3/p-1. The number of allylic oxidation sites excluding steroid dienone is 3. The molecule has 1 N–H and O–H groups in total. The van der Waals surface area contributed by atoms with Gasteiger partial charge in [0.25, 0.3) is 5.91 Å². The van der Waals surface area contributed by atoms with Crippen molar-refractivity contribution in [2.45, 2.75) is 6.92 Å². The van der Waals surface area contributed by atoms with E-state index in [-0.39, 0.29) is 17.4 Å². The summed E-state index contributed by atoms with van der Waals surface area (Å²) >= 11 is 0. The van der Waals surface area contributed by atoms with Crippen LogP contribution in [0.25, 0.3) is 0 Å². The van der Waals surface area contributed by atoms with Gasteiger partial charge < -0.3 is 25.5 Å². The molecule has 0 aliphatic heterocycles. The second-order valence-corrected chi connectivity index (χ2v) is 6.78. The van der Waals surface area contributed by atoms with E-state index in [2.05, 4.69) is 15.5 Å². The van der Waals surface area contributed by atoms with Crippen molar-refractivity contribution in [1.29, 1.82) is 0 Å². The molecule has 0 fully saturated rings. The number of nitrogens with one attached hydrogen (secondary N) is 1. The van der Waals surface area contributed by atoms with E-state index < -0.39 is 54.8 Å². The van der Waals surface area contributed by atoms with Crippen molar-refractivity contribution in [3.63, 3.8) is 0 Å². The minimum atomic E-state index is -5.35. The molecule has 1 aliphatic carbocycles. The van der Waals surface area contributed by atoms with Crippen LogP contribution >= 0.6 is 0 Å². The Kier molecular flexibility index (Phi) is 8.49. The summed E-state index contributed by atoms with van der Waals surface area (Å²) in [6.07, 6.45) is 0.856. The van der Waals surface area contributed by atoms with Crippen molar-refractivity contribution < 1.29 is 44.7 Å². The molecule has 0 saturated carbocycles. The van der Waals surface area contributed by atoms with Crippen LogP contribution in [0, 0.1) is 10.4 Å². The molecule has 1 aromatic carbocycles. The van der Waals surface area contributed by atoms with E-state index in [1.165, 1.54) is 12.1 Å². The third kappa shape index (κ3) is 6.26. The zero-order chi connectivity index (χ0) is 21.8. The van der Waals surface area contributed by atoms with Crippen LogP contribution in [0.5, 0.6) is 0 Å². The fourth-order valence-electron chi connectivity index (χ4n) is 2.03. The van der Waals surface area contributed by atoms with E-state index in [0.717, 1.165) is 6.92 Å². The Morgan fingerprint density at radius 3 is 2.20 bits per heavy atom. The Balaban J connectivity index is 0.00000450. The fraction of sp³-hybridized carbons (Fsp3) is 0.0625. The summed E-state index contributed by atoms with van der Waals surface area (Å²) in [6.45, 7) is 0.984. The molecular formula is C16H11CrN4O8S. The molecule has 155 valence electrons. The summed E-state index contributed by atoms with van der Waals surface area (Å²) in [5, 5.41) is 29.8. The number of Topliss-reactive ketones (excluding diaryl/α,β-unsaturated/α-hetero) is 2. The van der Waals surface area contributed by atoms with Crippen molar-refractivity contribution in [3.8, 4) is 0 Å². The van der Waals surface area contributed by atoms with Crippen LogP contribution in [0.15, 0.2) is 63.3 Å². The molecule has 1 aromatic rings. The molecule has 12 nitrogen and oxygen atoms in total. The summed E-state index contributed by atoms with van der Waals surface area (Å²) in [7, 11) is -5.35. The number of carbonyl (C=O) groups excluding carboxylic acids is 3. The van der Waals surface area contributed by atoms with Gasteiger partial charge in [0.2, 0.25) is 5.78 Å². The average molecular weight is 471 g/mol. The van der Waals surface area contributed by atoms with Gasteiger partial charge >= 0.3 is 17.4 Å². The zero-order valence-corrected chi connectivity index (χ0v) is 17.1.